The highest BCUT2D eigenvalue weighted by molar-refractivity contribution is 7.89. The predicted molar refractivity (Wildman–Crippen MR) is 135 cm³/mol. The molecule has 1 amide bonds. The lowest BCUT2D eigenvalue weighted by Crippen LogP contribution is -2.26. The van der Waals surface area contributed by atoms with Crippen molar-refractivity contribution in [3.8, 4) is 11.6 Å². The first-order valence-corrected chi connectivity index (χ1v) is 12.9. The first kappa shape index (κ1) is 27.7. The van der Waals surface area contributed by atoms with Gasteiger partial charge < -0.3 is 10.1 Å². The first-order valence-electron chi connectivity index (χ1n) is 11.4. The number of benzene rings is 2. The largest absolute Gasteiger partial charge is 0.438 e. The van der Waals surface area contributed by atoms with Crippen molar-refractivity contribution in [1.29, 1.82) is 0 Å². The Balaban J connectivity index is 2.09. The van der Waals surface area contributed by atoms with Gasteiger partial charge in [-0.1, -0.05) is 6.92 Å². The van der Waals surface area contributed by atoms with E-state index in [1.807, 2.05) is 20.8 Å². The van der Waals surface area contributed by atoms with Crippen LogP contribution in [0.25, 0.3) is 0 Å². The van der Waals surface area contributed by atoms with Crippen LogP contribution >= 0.6 is 0 Å². The van der Waals surface area contributed by atoms with Crippen LogP contribution in [0.5, 0.6) is 11.6 Å². The van der Waals surface area contributed by atoms with Crippen molar-refractivity contribution in [1.82, 2.24) is 14.5 Å². The summed E-state index contributed by atoms with van der Waals surface area (Å²) in [6.45, 7) is 8.91. The lowest BCUT2D eigenvalue weighted by Gasteiger charge is -2.22. The van der Waals surface area contributed by atoms with Gasteiger partial charge in [-0.2, -0.15) is 5.10 Å². The highest BCUT2D eigenvalue weighted by atomic mass is 32.2. The highest BCUT2D eigenvalue weighted by Crippen LogP contribution is 2.36. The topological polar surface area (TPSA) is 145 Å². The molecule has 0 unspecified atom stereocenters. The molecule has 0 saturated heterocycles. The summed E-state index contributed by atoms with van der Waals surface area (Å²) in [5, 5.41) is 18.4. The number of nitrogens with one attached hydrogen (secondary N) is 2. The van der Waals surface area contributed by atoms with E-state index >= 15 is 0 Å². The lowest BCUT2D eigenvalue weighted by atomic mass is 10.1. The fourth-order valence-electron chi connectivity index (χ4n) is 3.32. The quantitative estimate of drug-likeness (QED) is 0.299. The SMILES string of the molecule is CCCNS(=O)(=O)c1cc([N+](=O)[O-])ccc1Oc1c(C)c(C(=O)Nc2ccc(F)cc2)nn1C(C)(C)C. The van der Waals surface area contributed by atoms with Gasteiger partial charge >= 0.3 is 0 Å². The molecule has 0 atom stereocenters. The average Bonchev–Trinajstić information content (AvgIpc) is 3.15. The Kier molecular flexibility index (Phi) is 7.98. The van der Waals surface area contributed by atoms with Crippen LogP contribution in [-0.4, -0.2) is 35.6 Å². The van der Waals surface area contributed by atoms with Crippen molar-refractivity contribution in [2.45, 2.75) is 51.5 Å². The third kappa shape index (κ3) is 6.30. The summed E-state index contributed by atoms with van der Waals surface area (Å²) in [6.07, 6.45) is 0.507. The lowest BCUT2D eigenvalue weighted by molar-refractivity contribution is -0.385. The summed E-state index contributed by atoms with van der Waals surface area (Å²) >= 11 is 0. The molecule has 0 saturated carbocycles. The normalized spacial score (nSPS) is 11.8. The number of nitro groups is 1. The van der Waals surface area contributed by atoms with Crippen LogP contribution in [0.15, 0.2) is 47.4 Å². The van der Waals surface area contributed by atoms with Crippen LogP contribution < -0.4 is 14.8 Å². The van der Waals surface area contributed by atoms with Crippen LogP contribution in [0, 0.1) is 22.9 Å². The number of halogens is 1. The van der Waals surface area contributed by atoms with Crippen LogP contribution in [0.4, 0.5) is 15.8 Å². The number of carbonyl (C=O) groups is 1. The van der Waals surface area contributed by atoms with Gasteiger partial charge in [-0.05, 0) is 64.4 Å². The maximum absolute atomic E-state index is 13.2. The summed E-state index contributed by atoms with van der Waals surface area (Å²) in [6, 6.07) is 8.44. The molecule has 1 heterocycles. The minimum Gasteiger partial charge on any atom is -0.438 e. The van der Waals surface area contributed by atoms with Crippen molar-refractivity contribution in [2.75, 3.05) is 11.9 Å². The molecule has 0 aliphatic rings. The van der Waals surface area contributed by atoms with Crippen LogP contribution in [0.2, 0.25) is 0 Å². The van der Waals surface area contributed by atoms with E-state index in [9.17, 15) is 27.7 Å². The van der Waals surface area contributed by atoms with Gasteiger partial charge in [0.1, 0.15) is 16.5 Å². The molecule has 198 valence electrons. The number of nitro benzene ring substituents is 1. The Hall–Kier alpha value is -3.84. The van der Waals surface area contributed by atoms with Gasteiger partial charge in [-0.25, -0.2) is 22.2 Å². The fraction of sp³-hybridized carbons (Fsp3) is 0.333. The Morgan fingerprint density at radius 3 is 2.41 bits per heavy atom. The summed E-state index contributed by atoms with van der Waals surface area (Å²) in [7, 11) is -4.16. The Morgan fingerprint density at radius 2 is 1.84 bits per heavy atom. The minimum absolute atomic E-state index is 0.00433. The maximum Gasteiger partial charge on any atom is 0.276 e. The van der Waals surface area contributed by atoms with Gasteiger partial charge in [0.2, 0.25) is 15.9 Å². The second-order valence-corrected chi connectivity index (χ2v) is 10.9. The number of carbonyl (C=O) groups excluding carboxylic acids is 1. The van der Waals surface area contributed by atoms with E-state index in [0.29, 0.717) is 17.7 Å². The van der Waals surface area contributed by atoms with Gasteiger partial charge in [0, 0.05) is 29.9 Å². The fourth-order valence-corrected chi connectivity index (χ4v) is 4.60. The molecule has 3 aromatic rings. The van der Waals surface area contributed by atoms with Crippen molar-refractivity contribution in [3.05, 3.63) is 69.7 Å². The van der Waals surface area contributed by atoms with E-state index in [-0.39, 0.29) is 23.9 Å². The number of anilines is 1. The predicted octanol–water partition coefficient (Wildman–Crippen LogP) is 4.73. The van der Waals surface area contributed by atoms with Gasteiger partial charge in [0.05, 0.1) is 10.5 Å². The summed E-state index contributed by atoms with van der Waals surface area (Å²) < 4.78 is 49.0. The molecule has 11 nitrogen and oxygen atoms in total. The van der Waals surface area contributed by atoms with Crippen molar-refractivity contribution < 1.29 is 27.3 Å². The number of ether oxygens (including phenoxy) is 1. The standard InChI is InChI=1S/C24H28FN5O6S/c1-6-13-26-37(34,35)20-14-18(30(32)33)11-12-19(20)36-23-15(2)21(28-29(23)24(3,4)5)22(31)27-17-9-7-16(25)8-10-17/h7-12,14,26H,6,13H2,1-5H3,(H,27,31). The molecular formula is C24H28FN5O6S. The van der Waals surface area contributed by atoms with Crippen LogP contribution in [0.1, 0.15) is 50.2 Å². The summed E-state index contributed by atoms with van der Waals surface area (Å²) in [4.78, 5) is 23.2. The molecule has 0 fully saturated rings. The zero-order chi connectivity index (χ0) is 27.5. The molecule has 0 radical (unpaired) electrons. The second kappa shape index (κ2) is 10.6. The number of rotatable bonds is 9. The molecule has 2 N–H and O–H groups in total. The molecule has 0 spiro atoms. The molecule has 0 aliphatic carbocycles. The number of amides is 1. The molecule has 1 aromatic heterocycles. The van der Waals surface area contributed by atoms with E-state index in [4.69, 9.17) is 4.74 Å². The molecule has 0 aliphatic heterocycles. The number of hydrogen-bond acceptors (Lipinski definition) is 7. The van der Waals surface area contributed by atoms with Gasteiger partial charge in [-0.3, -0.25) is 14.9 Å². The average molecular weight is 534 g/mol. The Morgan fingerprint density at radius 1 is 1.19 bits per heavy atom. The Bertz CT molecular complexity index is 1430. The molecule has 2 aromatic carbocycles. The van der Waals surface area contributed by atoms with Crippen LogP contribution in [-0.2, 0) is 15.6 Å². The summed E-state index contributed by atoms with van der Waals surface area (Å²) in [5.41, 5.74) is -0.467. The Labute approximate surface area is 213 Å². The third-order valence-electron chi connectivity index (χ3n) is 5.20. The minimum atomic E-state index is -4.16. The molecule has 37 heavy (non-hydrogen) atoms. The zero-order valence-electron chi connectivity index (χ0n) is 21.0. The zero-order valence-corrected chi connectivity index (χ0v) is 21.8. The smallest absolute Gasteiger partial charge is 0.276 e. The maximum atomic E-state index is 13.2. The van der Waals surface area contributed by atoms with Gasteiger partial charge in [-0.15, -0.1) is 0 Å². The number of aromatic nitrogens is 2. The van der Waals surface area contributed by atoms with E-state index in [2.05, 4.69) is 15.1 Å². The number of sulfonamides is 1. The summed E-state index contributed by atoms with van der Waals surface area (Å²) in [5.74, 6) is -1.13. The highest BCUT2D eigenvalue weighted by Gasteiger charge is 2.30. The van der Waals surface area contributed by atoms with Crippen molar-refractivity contribution in [3.63, 3.8) is 0 Å². The van der Waals surface area contributed by atoms with E-state index < -0.39 is 42.8 Å². The molecular weight excluding hydrogens is 505 g/mol. The third-order valence-corrected chi connectivity index (χ3v) is 6.68. The number of hydrogen-bond donors (Lipinski definition) is 2. The number of non-ortho nitro benzene ring substituents is 1. The van der Waals surface area contributed by atoms with Crippen molar-refractivity contribution >= 4 is 27.3 Å². The van der Waals surface area contributed by atoms with E-state index in [1.165, 1.54) is 35.0 Å². The van der Waals surface area contributed by atoms with Crippen LogP contribution in [0.3, 0.4) is 0 Å². The van der Waals surface area contributed by atoms with Crippen molar-refractivity contribution in [2.24, 2.45) is 0 Å². The monoisotopic (exact) mass is 533 g/mol. The number of nitrogens with zero attached hydrogens (tertiary/aromatic N) is 3. The molecule has 0 bridgehead atoms. The second-order valence-electron chi connectivity index (χ2n) is 9.21. The van der Waals surface area contributed by atoms with E-state index in [1.54, 1.807) is 13.8 Å². The van der Waals surface area contributed by atoms with Gasteiger partial charge in [0.15, 0.2) is 5.69 Å². The molecule has 13 heteroatoms. The van der Waals surface area contributed by atoms with E-state index in [0.717, 1.165) is 12.1 Å². The molecule has 3 rings (SSSR count). The first-order chi connectivity index (χ1) is 17.2. The van der Waals surface area contributed by atoms with Gasteiger partial charge in [0.25, 0.3) is 11.6 Å².